The Morgan fingerprint density at radius 3 is 2.41 bits per heavy atom. The first kappa shape index (κ1) is 18.9. The summed E-state index contributed by atoms with van der Waals surface area (Å²) in [6.07, 6.45) is 0. The Balaban J connectivity index is 1.68. The van der Waals surface area contributed by atoms with Gasteiger partial charge in [-0.15, -0.1) is 0 Å². The van der Waals surface area contributed by atoms with Crippen molar-refractivity contribution in [2.24, 2.45) is 0 Å². The van der Waals surface area contributed by atoms with Gasteiger partial charge in [0.05, 0.1) is 30.9 Å². The van der Waals surface area contributed by atoms with Crippen LogP contribution in [0.1, 0.15) is 24.1 Å². The molecular formula is C21H24N4O2. The van der Waals surface area contributed by atoms with Gasteiger partial charge in [-0.25, -0.2) is 4.79 Å². The van der Waals surface area contributed by atoms with Crippen molar-refractivity contribution in [3.63, 3.8) is 0 Å². The van der Waals surface area contributed by atoms with E-state index in [-0.39, 0.29) is 18.1 Å². The Hall–Kier alpha value is -2.88. The van der Waals surface area contributed by atoms with Crippen LogP contribution < -0.4 is 10.6 Å². The van der Waals surface area contributed by atoms with Gasteiger partial charge in [0.2, 0.25) is 0 Å². The normalized spacial score (nSPS) is 16.7. The molecule has 1 fully saturated rings. The van der Waals surface area contributed by atoms with E-state index in [1.807, 2.05) is 25.1 Å². The van der Waals surface area contributed by atoms with Crippen LogP contribution >= 0.6 is 0 Å². The summed E-state index contributed by atoms with van der Waals surface area (Å²) in [6.45, 7) is 5.10. The summed E-state index contributed by atoms with van der Waals surface area (Å²) in [7, 11) is 0. The number of carbonyl (C=O) groups is 1. The summed E-state index contributed by atoms with van der Waals surface area (Å²) in [4.78, 5) is 14.8. The molecule has 2 aromatic rings. The smallest absolute Gasteiger partial charge is 0.319 e. The molecule has 0 saturated carbocycles. The van der Waals surface area contributed by atoms with Gasteiger partial charge in [-0.3, -0.25) is 4.90 Å². The molecule has 140 valence electrons. The molecule has 2 N–H and O–H groups in total. The quantitative estimate of drug-likeness (QED) is 0.854. The number of urea groups is 1. The van der Waals surface area contributed by atoms with Crippen molar-refractivity contribution in [1.29, 1.82) is 5.26 Å². The average Bonchev–Trinajstić information content (AvgIpc) is 2.70. The third kappa shape index (κ3) is 5.07. The summed E-state index contributed by atoms with van der Waals surface area (Å²) >= 11 is 0. The highest BCUT2D eigenvalue weighted by atomic mass is 16.5. The Morgan fingerprint density at radius 2 is 1.78 bits per heavy atom. The van der Waals surface area contributed by atoms with Crippen LogP contribution in [0.4, 0.5) is 10.5 Å². The summed E-state index contributed by atoms with van der Waals surface area (Å²) in [6, 6.07) is 18.8. The molecule has 6 nitrogen and oxygen atoms in total. The highest BCUT2D eigenvalue weighted by Crippen LogP contribution is 2.25. The zero-order valence-electron chi connectivity index (χ0n) is 15.4. The lowest BCUT2D eigenvalue weighted by Gasteiger charge is -2.38. The van der Waals surface area contributed by atoms with Crippen molar-refractivity contribution < 1.29 is 9.53 Å². The number of nitrogens with one attached hydrogen (secondary N) is 2. The molecule has 1 aliphatic rings. The fourth-order valence-corrected chi connectivity index (χ4v) is 3.40. The maximum absolute atomic E-state index is 12.5. The van der Waals surface area contributed by atoms with Gasteiger partial charge in [-0.1, -0.05) is 30.3 Å². The van der Waals surface area contributed by atoms with Crippen LogP contribution in [0.2, 0.25) is 0 Å². The topological polar surface area (TPSA) is 77.4 Å². The number of nitriles is 1. The van der Waals surface area contributed by atoms with E-state index in [2.05, 4.69) is 33.7 Å². The number of anilines is 1. The van der Waals surface area contributed by atoms with Gasteiger partial charge in [0.1, 0.15) is 0 Å². The van der Waals surface area contributed by atoms with Gasteiger partial charge in [0, 0.05) is 24.8 Å². The van der Waals surface area contributed by atoms with Crippen molar-refractivity contribution in [1.82, 2.24) is 10.2 Å². The molecule has 0 unspecified atom stereocenters. The van der Waals surface area contributed by atoms with E-state index in [9.17, 15) is 4.79 Å². The molecule has 3 rings (SSSR count). The Labute approximate surface area is 159 Å². The lowest BCUT2D eigenvalue weighted by Crippen LogP contribution is -2.49. The third-order valence-electron chi connectivity index (χ3n) is 4.68. The van der Waals surface area contributed by atoms with Gasteiger partial charge >= 0.3 is 6.03 Å². The van der Waals surface area contributed by atoms with Crippen LogP contribution in [0.25, 0.3) is 0 Å². The van der Waals surface area contributed by atoms with Crippen molar-refractivity contribution in [2.75, 3.05) is 31.6 Å². The van der Waals surface area contributed by atoms with Gasteiger partial charge < -0.3 is 15.4 Å². The van der Waals surface area contributed by atoms with Crippen molar-refractivity contribution in [2.45, 2.75) is 19.0 Å². The number of benzene rings is 2. The van der Waals surface area contributed by atoms with E-state index in [1.165, 1.54) is 5.56 Å². The second kappa shape index (κ2) is 9.17. The standard InChI is InChI=1S/C21H24N4O2/c1-16(23-21(26)24-19-9-7-17(15-22)8-10-19)20(18-5-3-2-4-6-18)25-11-13-27-14-12-25/h2-10,16,20H,11-14H2,1H3,(H2,23,24,26)/t16-,20-/m1/s1. The number of rotatable bonds is 5. The number of morpholine rings is 1. The SMILES string of the molecule is C[C@@H](NC(=O)Nc1ccc(C#N)cc1)[C@H](c1ccccc1)N1CCOCC1. The van der Waals surface area contributed by atoms with Crippen molar-refractivity contribution in [3.05, 3.63) is 65.7 Å². The van der Waals surface area contributed by atoms with Gasteiger partial charge in [-0.05, 0) is 36.8 Å². The van der Waals surface area contributed by atoms with Crippen LogP contribution in [0.5, 0.6) is 0 Å². The lowest BCUT2D eigenvalue weighted by molar-refractivity contribution is 0.00974. The summed E-state index contributed by atoms with van der Waals surface area (Å²) in [5.41, 5.74) is 2.39. The Kier molecular flexibility index (Phi) is 6.42. The molecule has 1 aliphatic heterocycles. The molecule has 0 aromatic heterocycles. The van der Waals surface area contributed by atoms with E-state index >= 15 is 0 Å². The molecule has 2 amide bonds. The molecule has 27 heavy (non-hydrogen) atoms. The second-order valence-corrected chi connectivity index (χ2v) is 6.58. The maximum atomic E-state index is 12.5. The molecule has 6 heteroatoms. The minimum Gasteiger partial charge on any atom is -0.379 e. The highest BCUT2D eigenvalue weighted by Gasteiger charge is 2.28. The Bertz CT molecular complexity index is 780. The minimum atomic E-state index is -0.263. The average molecular weight is 364 g/mol. The number of hydrogen-bond donors (Lipinski definition) is 2. The van der Waals surface area contributed by atoms with Crippen LogP contribution in [-0.4, -0.2) is 43.3 Å². The minimum absolute atomic E-state index is 0.0711. The van der Waals surface area contributed by atoms with Gasteiger partial charge in [0.15, 0.2) is 0 Å². The fraction of sp³-hybridized carbons (Fsp3) is 0.333. The second-order valence-electron chi connectivity index (χ2n) is 6.58. The van der Waals surface area contributed by atoms with E-state index in [0.717, 1.165) is 13.1 Å². The predicted octanol–water partition coefficient (Wildman–Crippen LogP) is 3.14. The first-order valence-electron chi connectivity index (χ1n) is 9.12. The van der Waals surface area contributed by atoms with Gasteiger partial charge in [-0.2, -0.15) is 5.26 Å². The number of nitrogens with zero attached hydrogens (tertiary/aromatic N) is 2. The van der Waals surface area contributed by atoms with Gasteiger partial charge in [0.25, 0.3) is 0 Å². The maximum Gasteiger partial charge on any atom is 0.319 e. The first-order valence-corrected chi connectivity index (χ1v) is 9.12. The van der Waals surface area contributed by atoms with Crippen LogP contribution in [0.15, 0.2) is 54.6 Å². The zero-order chi connectivity index (χ0) is 19.1. The summed E-state index contributed by atoms with van der Waals surface area (Å²) in [5.74, 6) is 0. The number of ether oxygens (including phenoxy) is 1. The summed E-state index contributed by atoms with van der Waals surface area (Å²) in [5, 5.41) is 14.7. The zero-order valence-corrected chi connectivity index (χ0v) is 15.4. The lowest BCUT2D eigenvalue weighted by atomic mass is 9.98. The molecule has 2 atom stereocenters. The molecule has 2 aromatic carbocycles. The largest absolute Gasteiger partial charge is 0.379 e. The molecule has 0 spiro atoms. The highest BCUT2D eigenvalue weighted by molar-refractivity contribution is 5.89. The van der Waals surface area contributed by atoms with E-state index in [0.29, 0.717) is 24.5 Å². The molecule has 1 heterocycles. The molecule has 1 saturated heterocycles. The van der Waals surface area contributed by atoms with E-state index in [4.69, 9.17) is 10.00 Å². The predicted molar refractivity (Wildman–Crippen MR) is 104 cm³/mol. The fourth-order valence-electron chi connectivity index (χ4n) is 3.40. The summed E-state index contributed by atoms with van der Waals surface area (Å²) < 4.78 is 5.48. The molecule has 0 aliphatic carbocycles. The molecule has 0 radical (unpaired) electrons. The Morgan fingerprint density at radius 1 is 1.11 bits per heavy atom. The number of hydrogen-bond acceptors (Lipinski definition) is 4. The van der Waals surface area contributed by atoms with Crippen LogP contribution in [-0.2, 0) is 4.74 Å². The van der Waals surface area contributed by atoms with Crippen molar-refractivity contribution >= 4 is 11.7 Å². The van der Waals surface area contributed by atoms with Crippen LogP contribution in [0, 0.1) is 11.3 Å². The monoisotopic (exact) mass is 364 g/mol. The molecular weight excluding hydrogens is 340 g/mol. The number of carbonyl (C=O) groups excluding carboxylic acids is 1. The van der Waals surface area contributed by atoms with Crippen LogP contribution in [0.3, 0.4) is 0 Å². The molecule has 0 bridgehead atoms. The van der Waals surface area contributed by atoms with Crippen molar-refractivity contribution in [3.8, 4) is 6.07 Å². The number of amides is 2. The van der Waals surface area contributed by atoms with E-state index < -0.39 is 0 Å². The van der Waals surface area contributed by atoms with E-state index in [1.54, 1.807) is 24.3 Å². The third-order valence-corrected chi connectivity index (χ3v) is 4.68. The first-order chi connectivity index (χ1) is 13.2.